The Bertz CT molecular complexity index is 403. The van der Waals surface area contributed by atoms with E-state index in [1.165, 1.54) is 19.4 Å². The zero-order valence-electron chi connectivity index (χ0n) is 13.3. The van der Waals surface area contributed by atoms with Gasteiger partial charge in [0.2, 0.25) is 0 Å². The molecule has 5 heteroatoms. The first-order valence-corrected chi connectivity index (χ1v) is 8.54. The first-order valence-electron chi connectivity index (χ1n) is 8.54. The minimum absolute atomic E-state index is 0.429. The van der Waals surface area contributed by atoms with Crippen molar-refractivity contribution in [3.8, 4) is 0 Å². The van der Waals surface area contributed by atoms with Gasteiger partial charge < -0.3 is 10.4 Å². The number of carbonyl (C=O) groups is 1. The van der Waals surface area contributed by atoms with Crippen molar-refractivity contribution in [2.45, 2.75) is 69.6 Å². The van der Waals surface area contributed by atoms with E-state index in [-0.39, 0.29) is 0 Å². The fraction of sp³-hybridized carbons (Fsp3) is 0.938. The van der Waals surface area contributed by atoms with Gasteiger partial charge in [-0.2, -0.15) is 0 Å². The fourth-order valence-electron chi connectivity index (χ4n) is 4.79. The molecular formula is C16H29N3O2. The highest BCUT2D eigenvalue weighted by molar-refractivity contribution is 5.79. The van der Waals surface area contributed by atoms with Crippen molar-refractivity contribution in [3.05, 3.63) is 0 Å². The molecule has 2 heterocycles. The van der Waals surface area contributed by atoms with Gasteiger partial charge in [-0.05, 0) is 52.1 Å². The molecule has 1 aliphatic carbocycles. The lowest BCUT2D eigenvalue weighted by atomic mass is 9.96. The Labute approximate surface area is 127 Å². The van der Waals surface area contributed by atoms with Crippen LogP contribution in [-0.2, 0) is 4.79 Å². The standard InChI is InChI=1S/C16H29N3O2/c1-3-17-16(15(20)21)7-6-13(9-16)19-11-14-5-4-8-18(14)10-12(19)2/h12-14,17H,3-11H2,1-2H3,(H,20,21). The minimum atomic E-state index is -0.689. The highest BCUT2D eigenvalue weighted by Gasteiger charge is 2.48. The molecule has 2 aliphatic heterocycles. The van der Waals surface area contributed by atoms with E-state index in [4.69, 9.17) is 0 Å². The highest BCUT2D eigenvalue weighted by atomic mass is 16.4. The first kappa shape index (κ1) is 15.3. The second-order valence-corrected chi connectivity index (χ2v) is 7.15. The van der Waals surface area contributed by atoms with Crippen LogP contribution in [0.15, 0.2) is 0 Å². The summed E-state index contributed by atoms with van der Waals surface area (Å²) in [5.74, 6) is -0.668. The molecule has 21 heavy (non-hydrogen) atoms. The average molecular weight is 295 g/mol. The van der Waals surface area contributed by atoms with E-state index in [0.717, 1.165) is 38.9 Å². The van der Waals surface area contributed by atoms with E-state index in [1.807, 2.05) is 6.92 Å². The van der Waals surface area contributed by atoms with Crippen molar-refractivity contribution in [1.29, 1.82) is 0 Å². The predicted molar refractivity (Wildman–Crippen MR) is 82.4 cm³/mol. The summed E-state index contributed by atoms with van der Waals surface area (Å²) in [4.78, 5) is 17.0. The molecule has 0 aromatic carbocycles. The van der Waals surface area contributed by atoms with Crippen molar-refractivity contribution in [1.82, 2.24) is 15.1 Å². The number of hydrogen-bond acceptors (Lipinski definition) is 4. The van der Waals surface area contributed by atoms with E-state index >= 15 is 0 Å². The van der Waals surface area contributed by atoms with Gasteiger partial charge in [0.25, 0.3) is 0 Å². The van der Waals surface area contributed by atoms with Crippen LogP contribution in [0.4, 0.5) is 0 Å². The molecule has 0 radical (unpaired) electrons. The van der Waals surface area contributed by atoms with E-state index in [0.29, 0.717) is 18.1 Å². The van der Waals surface area contributed by atoms with Gasteiger partial charge in [-0.3, -0.25) is 14.6 Å². The van der Waals surface area contributed by atoms with Crippen LogP contribution < -0.4 is 5.32 Å². The van der Waals surface area contributed by atoms with Crippen molar-refractivity contribution < 1.29 is 9.90 Å². The van der Waals surface area contributed by atoms with E-state index < -0.39 is 11.5 Å². The highest BCUT2D eigenvalue weighted by Crippen LogP contribution is 2.36. The number of likely N-dealkylation sites (N-methyl/N-ethyl adjacent to an activating group) is 1. The maximum Gasteiger partial charge on any atom is 0.323 e. The van der Waals surface area contributed by atoms with Crippen LogP contribution in [0.5, 0.6) is 0 Å². The number of nitrogens with zero attached hydrogens (tertiary/aromatic N) is 2. The molecule has 2 N–H and O–H groups in total. The van der Waals surface area contributed by atoms with E-state index in [2.05, 4.69) is 22.0 Å². The lowest BCUT2D eigenvalue weighted by Crippen LogP contribution is -2.58. The SMILES string of the molecule is CCNC1(C(=O)O)CCC(N2CC3CCCN3CC2C)C1. The second-order valence-electron chi connectivity index (χ2n) is 7.15. The van der Waals surface area contributed by atoms with Gasteiger partial charge in [0.05, 0.1) is 0 Å². The summed E-state index contributed by atoms with van der Waals surface area (Å²) in [6.07, 6.45) is 5.17. The van der Waals surface area contributed by atoms with Crippen LogP contribution in [0.3, 0.4) is 0 Å². The number of rotatable bonds is 4. The van der Waals surface area contributed by atoms with E-state index in [1.54, 1.807) is 0 Å². The largest absolute Gasteiger partial charge is 0.480 e. The summed E-state index contributed by atoms with van der Waals surface area (Å²) in [5.41, 5.74) is -0.689. The Morgan fingerprint density at radius 1 is 1.33 bits per heavy atom. The maximum absolute atomic E-state index is 11.7. The Morgan fingerprint density at radius 2 is 2.14 bits per heavy atom. The normalized spacial score (nSPS) is 41.3. The summed E-state index contributed by atoms with van der Waals surface area (Å²) in [6, 6.07) is 1.69. The maximum atomic E-state index is 11.7. The van der Waals surface area contributed by atoms with Gasteiger partial charge in [-0.15, -0.1) is 0 Å². The number of carboxylic acid groups (broad SMARTS) is 1. The summed E-state index contributed by atoms with van der Waals surface area (Å²) >= 11 is 0. The molecule has 5 nitrogen and oxygen atoms in total. The Kier molecular flexibility index (Phi) is 4.26. The zero-order chi connectivity index (χ0) is 15.0. The summed E-state index contributed by atoms with van der Waals surface area (Å²) in [5, 5.41) is 12.9. The van der Waals surface area contributed by atoms with Crippen LogP contribution in [0.2, 0.25) is 0 Å². The molecule has 4 atom stereocenters. The van der Waals surface area contributed by atoms with Crippen molar-refractivity contribution >= 4 is 5.97 Å². The molecule has 0 spiro atoms. The van der Waals surface area contributed by atoms with Gasteiger partial charge in [0.1, 0.15) is 5.54 Å². The molecule has 3 rings (SSSR count). The molecular weight excluding hydrogens is 266 g/mol. The summed E-state index contributed by atoms with van der Waals surface area (Å²) in [7, 11) is 0. The van der Waals surface area contributed by atoms with Crippen molar-refractivity contribution in [2.75, 3.05) is 26.2 Å². The number of carboxylic acids is 1. The van der Waals surface area contributed by atoms with Crippen LogP contribution in [0.1, 0.15) is 46.0 Å². The molecule has 120 valence electrons. The molecule has 0 aromatic rings. The Hall–Kier alpha value is -0.650. The van der Waals surface area contributed by atoms with E-state index in [9.17, 15) is 9.90 Å². The molecule has 0 aromatic heterocycles. The van der Waals surface area contributed by atoms with Gasteiger partial charge in [-0.25, -0.2) is 0 Å². The summed E-state index contributed by atoms with van der Waals surface area (Å²) in [6.45, 7) is 8.57. The van der Waals surface area contributed by atoms with Gasteiger partial charge in [0.15, 0.2) is 0 Å². The Morgan fingerprint density at radius 3 is 2.86 bits per heavy atom. The van der Waals surface area contributed by atoms with Crippen LogP contribution in [0.25, 0.3) is 0 Å². The van der Waals surface area contributed by atoms with Crippen molar-refractivity contribution in [2.24, 2.45) is 0 Å². The second kappa shape index (κ2) is 5.86. The number of piperazine rings is 1. The molecule has 3 aliphatic rings. The number of fused-ring (bicyclic) bond motifs is 1. The monoisotopic (exact) mass is 295 g/mol. The molecule has 0 amide bonds. The smallest absolute Gasteiger partial charge is 0.323 e. The number of hydrogen-bond donors (Lipinski definition) is 2. The van der Waals surface area contributed by atoms with Crippen LogP contribution in [0, 0.1) is 0 Å². The quantitative estimate of drug-likeness (QED) is 0.814. The Balaban J connectivity index is 1.68. The predicted octanol–water partition coefficient (Wildman–Crippen LogP) is 1.14. The van der Waals surface area contributed by atoms with Crippen molar-refractivity contribution in [3.63, 3.8) is 0 Å². The van der Waals surface area contributed by atoms with Crippen LogP contribution in [-0.4, -0.2) is 70.7 Å². The molecule has 1 saturated carbocycles. The molecule has 2 saturated heterocycles. The number of aliphatic carboxylic acids is 1. The molecule has 3 fully saturated rings. The van der Waals surface area contributed by atoms with Crippen LogP contribution >= 0.6 is 0 Å². The lowest BCUT2D eigenvalue weighted by molar-refractivity contribution is -0.144. The first-order chi connectivity index (χ1) is 10.1. The van der Waals surface area contributed by atoms with Gasteiger partial charge >= 0.3 is 5.97 Å². The lowest BCUT2D eigenvalue weighted by Gasteiger charge is -2.45. The van der Waals surface area contributed by atoms with Gasteiger partial charge in [-0.1, -0.05) is 6.92 Å². The molecule has 0 bridgehead atoms. The minimum Gasteiger partial charge on any atom is -0.480 e. The average Bonchev–Trinajstić information content (AvgIpc) is 3.05. The third-order valence-electron chi connectivity index (χ3n) is 5.87. The molecule has 4 unspecified atom stereocenters. The third-order valence-corrected chi connectivity index (χ3v) is 5.87. The number of nitrogens with one attached hydrogen (secondary N) is 1. The summed E-state index contributed by atoms with van der Waals surface area (Å²) < 4.78 is 0. The topological polar surface area (TPSA) is 55.8 Å². The fourth-order valence-corrected chi connectivity index (χ4v) is 4.79. The third kappa shape index (κ3) is 2.71. The zero-order valence-corrected chi connectivity index (χ0v) is 13.3. The van der Waals surface area contributed by atoms with Gasteiger partial charge in [0, 0.05) is 31.2 Å².